The van der Waals surface area contributed by atoms with Gasteiger partial charge in [-0.05, 0) is 19.1 Å². The zero-order valence-electron chi connectivity index (χ0n) is 10.8. The minimum Gasteiger partial charge on any atom is -0.396 e. The van der Waals surface area contributed by atoms with E-state index in [0.717, 1.165) is 0 Å². The Balaban J connectivity index is 2.38. The molecule has 8 nitrogen and oxygen atoms in total. The summed E-state index contributed by atoms with van der Waals surface area (Å²) in [5, 5.41) is 6.63. The number of hydrogen-bond donors (Lipinski definition) is 3. The maximum atomic E-state index is 11.7. The number of carbonyl (C=O) groups is 2. The number of primary amides is 1. The van der Waals surface area contributed by atoms with Crippen molar-refractivity contribution in [3.05, 3.63) is 35.9 Å². The minimum absolute atomic E-state index is 0.0126. The van der Waals surface area contributed by atoms with Crippen LogP contribution < -0.4 is 16.8 Å². The molecule has 0 radical (unpaired) electrons. The van der Waals surface area contributed by atoms with Crippen molar-refractivity contribution in [2.45, 2.75) is 6.92 Å². The molecule has 0 fully saturated rings. The Morgan fingerprint density at radius 2 is 2.20 bits per heavy atom. The highest BCUT2D eigenvalue weighted by Crippen LogP contribution is 2.14. The minimum atomic E-state index is -0.709. The van der Waals surface area contributed by atoms with Crippen LogP contribution in [0.3, 0.4) is 0 Å². The molecule has 0 aromatic carbocycles. The molecule has 0 saturated carbocycles. The molecule has 2 aromatic heterocycles. The summed E-state index contributed by atoms with van der Waals surface area (Å²) in [5.74, 6) is -0.996. The summed E-state index contributed by atoms with van der Waals surface area (Å²) in [6.45, 7) is 2.32. The van der Waals surface area contributed by atoms with Crippen molar-refractivity contribution < 1.29 is 9.59 Å². The van der Waals surface area contributed by atoms with E-state index in [9.17, 15) is 9.59 Å². The fourth-order valence-corrected chi connectivity index (χ4v) is 1.65. The van der Waals surface area contributed by atoms with E-state index in [1.165, 1.54) is 17.1 Å². The highest BCUT2D eigenvalue weighted by molar-refractivity contribution is 5.96. The van der Waals surface area contributed by atoms with Gasteiger partial charge in [-0.15, -0.1) is 0 Å². The van der Waals surface area contributed by atoms with Crippen LogP contribution in [0.2, 0.25) is 0 Å². The summed E-state index contributed by atoms with van der Waals surface area (Å²) in [6, 6.07) is 3.18. The Labute approximate surface area is 114 Å². The summed E-state index contributed by atoms with van der Waals surface area (Å²) in [6.07, 6.45) is 2.93. The first-order valence-electron chi connectivity index (χ1n) is 5.92. The third kappa shape index (κ3) is 2.58. The van der Waals surface area contributed by atoms with Crippen LogP contribution in [-0.2, 0) is 0 Å². The molecule has 2 heterocycles. The largest absolute Gasteiger partial charge is 0.396 e. The number of nitrogens with one attached hydrogen (secondary N) is 1. The number of anilines is 1. The van der Waals surface area contributed by atoms with E-state index >= 15 is 0 Å². The molecule has 0 aliphatic carbocycles. The van der Waals surface area contributed by atoms with E-state index in [1.54, 1.807) is 12.1 Å². The number of rotatable bonds is 4. The summed E-state index contributed by atoms with van der Waals surface area (Å²) in [5.41, 5.74) is 11.8. The van der Waals surface area contributed by atoms with Crippen LogP contribution in [-0.4, -0.2) is 33.1 Å². The van der Waals surface area contributed by atoms with Crippen molar-refractivity contribution in [2.24, 2.45) is 5.73 Å². The molecule has 2 aromatic rings. The van der Waals surface area contributed by atoms with Crippen molar-refractivity contribution >= 4 is 17.5 Å². The van der Waals surface area contributed by atoms with E-state index in [4.69, 9.17) is 11.5 Å². The second kappa shape index (κ2) is 5.39. The van der Waals surface area contributed by atoms with Crippen LogP contribution in [0.5, 0.6) is 0 Å². The lowest BCUT2D eigenvalue weighted by Crippen LogP contribution is -2.23. The maximum absolute atomic E-state index is 11.7. The number of aromatic nitrogens is 3. The van der Waals surface area contributed by atoms with Gasteiger partial charge in [0.1, 0.15) is 5.69 Å². The SMILES string of the molecule is CCNC(=O)c1cc(-n2cc(N)c(C(N)=O)n2)ccn1. The standard InChI is InChI=1S/C12H14N6O2/c1-2-15-12(20)9-5-7(3-4-16-9)18-6-8(13)10(17-18)11(14)19/h3-6H,2,13H2,1H3,(H2,14,19)(H,15,20). The van der Waals surface area contributed by atoms with Crippen molar-refractivity contribution in [2.75, 3.05) is 12.3 Å². The molecule has 5 N–H and O–H groups in total. The Morgan fingerprint density at radius 1 is 1.45 bits per heavy atom. The normalized spacial score (nSPS) is 10.2. The molecule has 0 spiro atoms. The van der Waals surface area contributed by atoms with Gasteiger partial charge < -0.3 is 16.8 Å². The number of carbonyl (C=O) groups excluding carboxylic acids is 2. The average molecular weight is 274 g/mol. The van der Waals surface area contributed by atoms with Gasteiger partial charge in [0.05, 0.1) is 17.6 Å². The van der Waals surface area contributed by atoms with Crippen molar-refractivity contribution in [3.8, 4) is 5.69 Å². The van der Waals surface area contributed by atoms with Crippen LogP contribution in [0.15, 0.2) is 24.5 Å². The van der Waals surface area contributed by atoms with Gasteiger partial charge in [-0.25, -0.2) is 4.68 Å². The van der Waals surface area contributed by atoms with Gasteiger partial charge in [-0.3, -0.25) is 14.6 Å². The predicted octanol–water partition coefficient (Wildman–Crippen LogP) is -0.302. The van der Waals surface area contributed by atoms with Gasteiger partial charge in [-0.1, -0.05) is 0 Å². The fourth-order valence-electron chi connectivity index (χ4n) is 1.65. The first-order valence-corrected chi connectivity index (χ1v) is 5.92. The Bertz CT molecular complexity index is 664. The molecule has 8 heteroatoms. The molecule has 0 aliphatic heterocycles. The van der Waals surface area contributed by atoms with Gasteiger partial charge in [0.25, 0.3) is 11.8 Å². The van der Waals surface area contributed by atoms with E-state index in [-0.39, 0.29) is 23.0 Å². The number of amides is 2. The zero-order valence-corrected chi connectivity index (χ0v) is 10.8. The molecule has 20 heavy (non-hydrogen) atoms. The summed E-state index contributed by atoms with van der Waals surface area (Å²) in [7, 11) is 0. The van der Waals surface area contributed by atoms with Gasteiger partial charge in [0.2, 0.25) is 0 Å². The Kier molecular flexibility index (Phi) is 3.65. The molecule has 0 aliphatic rings. The quantitative estimate of drug-likeness (QED) is 0.704. The molecule has 0 atom stereocenters. The topological polar surface area (TPSA) is 129 Å². The summed E-state index contributed by atoms with van der Waals surface area (Å²) >= 11 is 0. The lowest BCUT2D eigenvalue weighted by atomic mass is 10.3. The van der Waals surface area contributed by atoms with Gasteiger partial charge in [-0.2, -0.15) is 5.10 Å². The maximum Gasteiger partial charge on any atom is 0.271 e. The lowest BCUT2D eigenvalue weighted by Gasteiger charge is -2.04. The first kappa shape index (κ1) is 13.5. The molecule has 0 unspecified atom stereocenters. The molecule has 2 amide bonds. The monoisotopic (exact) mass is 274 g/mol. The molecule has 104 valence electrons. The van der Waals surface area contributed by atoms with Crippen LogP contribution in [0.4, 0.5) is 5.69 Å². The van der Waals surface area contributed by atoms with Crippen molar-refractivity contribution in [3.63, 3.8) is 0 Å². The number of nitrogens with zero attached hydrogens (tertiary/aromatic N) is 3. The molecular weight excluding hydrogens is 260 g/mol. The lowest BCUT2D eigenvalue weighted by molar-refractivity contribution is 0.0949. The fraction of sp³-hybridized carbons (Fsp3) is 0.167. The smallest absolute Gasteiger partial charge is 0.271 e. The van der Waals surface area contributed by atoms with Crippen LogP contribution in [0.1, 0.15) is 27.9 Å². The molecule has 0 bridgehead atoms. The van der Waals surface area contributed by atoms with E-state index in [0.29, 0.717) is 12.2 Å². The van der Waals surface area contributed by atoms with Crippen LogP contribution >= 0.6 is 0 Å². The highest BCUT2D eigenvalue weighted by Gasteiger charge is 2.13. The average Bonchev–Trinajstić information content (AvgIpc) is 2.81. The number of hydrogen-bond acceptors (Lipinski definition) is 5. The third-order valence-electron chi connectivity index (χ3n) is 2.55. The molecule has 2 rings (SSSR count). The van der Waals surface area contributed by atoms with Crippen LogP contribution in [0, 0.1) is 0 Å². The van der Waals surface area contributed by atoms with Gasteiger partial charge in [0, 0.05) is 12.7 Å². The van der Waals surface area contributed by atoms with Crippen molar-refractivity contribution in [1.29, 1.82) is 0 Å². The summed E-state index contributed by atoms with van der Waals surface area (Å²) < 4.78 is 1.37. The zero-order chi connectivity index (χ0) is 14.7. The Hall–Kier alpha value is -2.90. The van der Waals surface area contributed by atoms with Gasteiger partial charge >= 0.3 is 0 Å². The predicted molar refractivity (Wildman–Crippen MR) is 72.3 cm³/mol. The third-order valence-corrected chi connectivity index (χ3v) is 2.55. The molecule has 0 saturated heterocycles. The highest BCUT2D eigenvalue weighted by atomic mass is 16.2. The summed E-state index contributed by atoms with van der Waals surface area (Å²) in [4.78, 5) is 26.8. The van der Waals surface area contributed by atoms with Gasteiger partial charge in [0.15, 0.2) is 5.69 Å². The second-order valence-electron chi connectivity index (χ2n) is 4.00. The van der Waals surface area contributed by atoms with E-state index in [1.807, 2.05) is 6.92 Å². The number of nitrogen functional groups attached to an aromatic ring is 1. The first-order chi connectivity index (χ1) is 9.52. The number of pyridine rings is 1. The van der Waals surface area contributed by atoms with Crippen molar-refractivity contribution in [1.82, 2.24) is 20.1 Å². The Morgan fingerprint density at radius 3 is 2.80 bits per heavy atom. The number of nitrogens with two attached hydrogens (primary N) is 2. The van der Waals surface area contributed by atoms with E-state index < -0.39 is 5.91 Å². The second-order valence-corrected chi connectivity index (χ2v) is 4.00. The van der Waals surface area contributed by atoms with E-state index in [2.05, 4.69) is 15.4 Å². The van der Waals surface area contributed by atoms with Crippen LogP contribution in [0.25, 0.3) is 5.69 Å². The molecular formula is C12H14N6O2.